The van der Waals surface area contributed by atoms with Crippen LogP contribution in [-0.2, 0) is 11.2 Å². The Morgan fingerprint density at radius 3 is 2.71 bits per heavy atom. The summed E-state index contributed by atoms with van der Waals surface area (Å²) in [5.41, 5.74) is 2.15. The van der Waals surface area contributed by atoms with E-state index in [-0.39, 0.29) is 30.3 Å². The molecule has 1 aromatic heterocycles. The van der Waals surface area contributed by atoms with Gasteiger partial charge in [-0.25, -0.2) is 4.39 Å². The van der Waals surface area contributed by atoms with Crippen LogP contribution in [0.3, 0.4) is 0 Å². The lowest BCUT2D eigenvalue weighted by atomic mass is 9.98. The molecule has 0 N–H and O–H groups in total. The first-order valence-electron chi connectivity index (χ1n) is 8.14. The zero-order chi connectivity index (χ0) is 17.3. The summed E-state index contributed by atoms with van der Waals surface area (Å²) in [6.07, 6.45) is 1.88. The van der Waals surface area contributed by atoms with Crippen LogP contribution >= 0.6 is 11.3 Å². The first-order valence-corrected chi connectivity index (χ1v) is 8.96. The second-order valence-corrected chi connectivity index (χ2v) is 7.52. The van der Waals surface area contributed by atoms with E-state index in [9.17, 15) is 14.0 Å². The van der Waals surface area contributed by atoms with Gasteiger partial charge in [-0.2, -0.15) is 0 Å². The molecule has 3 nitrogen and oxygen atoms in total. The summed E-state index contributed by atoms with van der Waals surface area (Å²) in [5, 5.41) is 0. The van der Waals surface area contributed by atoms with Gasteiger partial charge in [0.05, 0.1) is 10.6 Å². The predicted molar refractivity (Wildman–Crippen MR) is 94.4 cm³/mol. The lowest BCUT2D eigenvalue weighted by molar-refractivity contribution is -0.118. The molecule has 2 heterocycles. The van der Waals surface area contributed by atoms with E-state index >= 15 is 0 Å². The molecule has 24 heavy (non-hydrogen) atoms. The Labute approximate surface area is 145 Å². The van der Waals surface area contributed by atoms with E-state index in [2.05, 4.69) is 0 Å². The van der Waals surface area contributed by atoms with Crippen molar-refractivity contribution in [2.24, 2.45) is 0 Å². The van der Waals surface area contributed by atoms with Crippen molar-refractivity contribution in [3.05, 3.63) is 51.0 Å². The maximum Gasteiger partial charge on any atom is 0.227 e. The zero-order valence-electron chi connectivity index (χ0n) is 13.9. The van der Waals surface area contributed by atoms with Crippen LogP contribution in [0.1, 0.15) is 44.9 Å². The lowest BCUT2D eigenvalue weighted by Crippen LogP contribution is -2.36. The summed E-state index contributed by atoms with van der Waals surface area (Å²) >= 11 is 1.44. The highest BCUT2D eigenvalue weighted by Gasteiger charge is 2.26. The summed E-state index contributed by atoms with van der Waals surface area (Å²) in [6, 6.07) is 7.10. The normalized spacial score (nSPS) is 13.7. The van der Waals surface area contributed by atoms with Gasteiger partial charge in [0, 0.05) is 24.3 Å². The molecule has 3 rings (SSSR count). The fourth-order valence-corrected chi connectivity index (χ4v) is 3.99. The minimum Gasteiger partial charge on any atom is -0.309 e. The summed E-state index contributed by atoms with van der Waals surface area (Å²) in [6.45, 7) is 4.31. The molecule has 1 aromatic carbocycles. The molecule has 0 spiro atoms. The number of hydrogen-bond donors (Lipinski definition) is 0. The van der Waals surface area contributed by atoms with Gasteiger partial charge in [0.1, 0.15) is 5.82 Å². The van der Waals surface area contributed by atoms with Gasteiger partial charge in [-0.05, 0) is 56.0 Å². The summed E-state index contributed by atoms with van der Waals surface area (Å²) in [7, 11) is 0. The van der Waals surface area contributed by atoms with Crippen LogP contribution in [0.25, 0.3) is 0 Å². The first kappa shape index (κ1) is 16.8. The Morgan fingerprint density at radius 1 is 1.21 bits per heavy atom. The maximum atomic E-state index is 14.4. The average molecular weight is 345 g/mol. The highest BCUT2D eigenvalue weighted by molar-refractivity contribution is 7.14. The molecule has 0 aliphatic carbocycles. The molecule has 0 saturated heterocycles. The number of anilines is 1. The third-order valence-electron chi connectivity index (χ3n) is 4.27. The molecule has 1 aliphatic rings. The molecule has 1 amide bonds. The molecule has 0 bridgehead atoms. The SMILES string of the molecule is Cc1cc(F)c2c(c1)CCCN2C(=O)CCC(=O)c1ccc(C)s1. The van der Waals surface area contributed by atoms with Crippen LogP contribution in [0, 0.1) is 19.7 Å². The van der Waals surface area contributed by atoms with Crippen molar-refractivity contribution in [2.75, 3.05) is 11.4 Å². The number of ketones is 1. The predicted octanol–water partition coefficient (Wildman–Crippen LogP) is 4.45. The molecule has 126 valence electrons. The maximum absolute atomic E-state index is 14.4. The molecular weight excluding hydrogens is 325 g/mol. The van der Waals surface area contributed by atoms with Crippen molar-refractivity contribution in [2.45, 2.75) is 39.5 Å². The number of nitrogens with zero attached hydrogens (tertiary/aromatic N) is 1. The first-order chi connectivity index (χ1) is 11.5. The summed E-state index contributed by atoms with van der Waals surface area (Å²) < 4.78 is 14.4. The van der Waals surface area contributed by atoms with E-state index in [1.54, 1.807) is 6.07 Å². The minimum absolute atomic E-state index is 0.0249. The average Bonchev–Trinajstić information content (AvgIpc) is 2.98. The van der Waals surface area contributed by atoms with Gasteiger partial charge in [-0.1, -0.05) is 6.07 Å². The Bertz CT molecular complexity index is 797. The van der Waals surface area contributed by atoms with E-state index < -0.39 is 0 Å². The standard InChI is InChI=1S/C19H20FNO2S/c1-12-10-14-4-3-9-21(19(14)15(20)11-12)18(23)8-6-16(22)17-7-5-13(2)24-17/h5,7,10-11H,3-4,6,8-9H2,1-2H3. The number of carbonyl (C=O) groups excluding carboxylic acids is 2. The van der Waals surface area contributed by atoms with Crippen LogP contribution in [0.2, 0.25) is 0 Å². The molecule has 0 fully saturated rings. The van der Waals surface area contributed by atoms with Gasteiger partial charge < -0.3 is 4.90 Å². The fraction of sp³-hybridized carbons (Fsp3) is 0.368. The van der Waals surface area contributed by atoms with Crippen LogP contribution in [0.5, 0.6) is 0 Å². The van der Waals surface area contributed by atoms with Crippen molar-refractivity contribution in [1.82, 2.24) is 0 Å². The number of halogens is 1. The van der Waals surface area contributed by atoms with E-state index in [1.165, 1.54) is 22.3 Å². The molecule has 0 saturated carbocycles. The van der Waals surface area contributed by atoms with Gasteiger partial charge in [0.2, 0.25) is 5.91 Å². The molecule has 0 radical (unpaired) electrons. The number of rotatable bonds is 4. The largest absolute Gasteiger partial charge is 0.309 e. The number of thiophene rings is 1. The molecule has 5 heteroatoms. The fourth-order valence-electron chi connectivity index (χ4n) is 3.15. The van der Waals surface area contributed by atoms with Gasteiger partial charge >= 0.3 is 0 Å². The summed E-state index contributed by atoms with van der Waals surface area (Å²) in [4.78, 5) is 28.0. The van der Waals surface area contributed by atoms with E-state index in [0.717, 1.165) is 28.8 Å². The molecule has 0 atom stereocenters. The topological polar surface area (TPSA) is 37.4 Å². The van der Waals surface area contributed by atoms with Crippen molar-refractivity contribution >= 4 is 28.7 Å². The Morgan fingerprint density at radius 2 is 2.00 bits per heavy atom. The van der Waals surface area contributed by atoms with Crippen molar-refractivity contribution < 1.29 is 14.0 Å². The second kappa shape index (κ2) is 6.85. The van der Waals surface area contributed by atoms with E-state index in [4.69, 9.17) is 0 Å². The number of Topliss-reactive ketones (excluding diaryl/α,β-unsaturated/α-hetero) is 1. The van der Waals surface area contributed by atoms with E-state index in [0.29, 0.717) is 17.1 Å². The number of carbonyl (C=O) groups is 2. The van der Waals surface area contributed by atoms with Crippen molar-refractivity contribution in [3.8, 4) is 0 Å². The number of fused-ring (bicyclic) bond motifs is 1. The molecular formula is C19H20FNO2S. The van der Waals surface area contributed by atoms with Crippen molar-refractivity contribution in [1.29, 1.82) is 0 Å². The molecule has 0 unspecified atom stereocenters. The van der Waals surface area contributed by atoms with E-state index in [1.807, 2.05) is 26.0 Å². The van der Waals surface area contributed by atoms with Crippen LogP contribution < -0.4 is 4.90 Å². The number of benzene rings is 1. The third-order valence-corrected chi connectivity index (χ3v) is 5.31. The summed E-state index contributed by atoms with van der Waals surface area (Å²) in [5.74, 6) is -0.554. The van der Waals surface area contributed by atoms with Gasteiger partial charge in [0.25, 0.3) is 0 Å². The zero-order valence-corrected chi connectivity index (χ0v) is 14.7. The minimum atomic E-state index is -0.349. The highest BCUT2D eigenvalue weighted by Crippen LogP contribution is 2.32. The molecule has 1 aliphatic heterocycles. The van der Waals surface area contributed by atoms with Crippen LogP contribution in [0.4, 0.5) is 10.1 Å². The van der Waals surface area contributed by atoms with Crippen molar-refractivity contribution in [3.63, 3.8) is 0 Å². The smallest absolute Gasteiger partial charge is 0.227 e. The number of amides is 1. The van der Waals surface area contributed by atoms with Crippen LogP contribution in [-0.4, -0.2) is 18.2 Å². The quantitative estimate of drug-likeness (QED) is 0.768. The second-order valence-electron chi connectivity index (χ2n) is 6.24. The van der Waals surface area contributed by atoms with Gasteiger partial charge in [-0.15, -0.1) is 11.3 Å². The Kier molecular flexibility index (Phi) is 4.81. The number of aryl methyl sites for hydroxylation is 3. The van der Waals surface area contributed by atoms with Gasteiger partial charge in [-0.3, -0.25) is 9.59 Å². The van der Waals surface area contributed by atoms with Gasteiger partial charge in [0.15, 0.2) is 5.78 Å². The highest BCUT2D eigenvalue weighted by atomic mass is 32.1. The van der Waals surface area contributed by atoms with Crippen LogP contribution in [0.15, 0.2) is 24.3 Å². The lowest BCUT2D eigenvalue weighted by Gasteiger charge is -2.30. The Hall–Kier alpha value is -2.01. The monoisotopic (exact) mass is 345 g/mol. The number of hydrogen-bond acceptors (Lipinski definition) is 3. The third kappa shape index (κ3) is 3.41. The Balaban J connectivity index is 1.72. The molecule has 2 aromatic rings.